The summed E-state index contributed by atoms with van der Waals surface area (Å²) in [6, 6.07) is 16.4. The number of aromatic carboxylic acids is 1. The van der Waals surface area contributed by atoms with Crippen molar-refractivity contribution in [2.45, 2.75) is 6.92 Å². The lowest BCUT2D eigenvalue weighted by molar-refractivity contribution is -0.112. The smallest absolute Gasteiger partial charge is 0.337 e. The maximum atomic E-state index is 12.3. The number of anilines is 1. The fourth-order valence-electron chi connectivity index (χ4n) is 2.35. The summed E-state index contributed by atoms with van der Waals surface area (Å²) < 4.78 is 1.16. The molecule has 2 aromatic carbocycles. The van der Waals surface area contributed by atoms with Gasteiger partial charge in [0.25, 0.3) is 5.91 Å². The molecule has 0 saturated carbocycles. The van der Waals surface area contributed by atoms with Crippen molar-refractivity contribution >= 4 is 45.1 Å². The predicted molar refractivity (Wildman–Crippen MR) is 97.5 cm³/mol. The first-order valence-corrected chi connectivity index (χ1v) is 8.17. The van der Waals surface area contributed by atoms with E-state index < -0.39 is 5.97 Å². The molecule has 1 heterocycles. The second-order valence-electron chi connectivity index (χ2n) is 5.32. The summed E-state index contributed by atoms with van der Waals surface area (Å²) in [5.41, 5.74) is 0.876. The molecule has 24 heavy (non-hydrogen) atoms. The number of hydrogen-bond acceptors (Lipinski definition) is 3. The van der Waals surface area contributed by atoms with E-state index in [1.165, 1.54) is 6.07 Å². The summed E-state index contributed by atoms with van der Waals surface area (Å²) in [7, 11) is 0. The van der Waals surface area contributed by atoms with Gasteiger partial charge < -0.3 is 10.4 Å². The molecule has 0 atom stereocenters. The van der Waals surface area contributed by atoms with Gasteiger partial charge in [-0.25, -0.2) is 4.79 Å². The van der Waals surface area contributed by atoms with Crippen molar-refractivity contribution in [2.24, 2.45) is 0 Å². The Hall–Kier alpha value is -2.92. The average Bonchev–Trinajstić information content (AvgIpc) is 2.97. The van der Waals surface area contributed by atoms with E-state index in [-0.39, 0.29) is 11.5 Å². The highest BCUT2D eigenvalue weighted by Crippen LogP contribution is 2.27. The van der Waals surface area contributed by atoms with E-state index in [1.807, 2.05) is 36.4 Å². The van der Waals surface area contributed by atoms with Gasteiger partial charge in [0, 0.05) is 15.2 Å². The van der Waals surface area contributed by atoms with Crippen molar-refractivity contribution in [3.8, 4) is 0 Å². The SMILES string of the molecule is C/C(=C\c1cc2ccccc2s1)C(=O)Nc1ccccc1C(=O)O. The van der Waals surface area contributed by atoms with Crippen LogP contribution in [0.25, 0.3) is 16.2 Å². The lowest BCUT2D eigenvalue weighted by atomic mass is 10.1. The zero-order valence-corrected chi connectivity index (χ0v) is 13.8. The lowest BCUT2D eigenvalue weighted by Crippen LogP contribution is -2.15. The van der Waals surface area contributed by atoms with Crippen LogP contribution in [0, 0.1) is 0 Å². The summed E-state index contributed by atoms with van der Waals surface area (Å²) in [4.78, 5) is 24.5. The van der Waals surface area contributed by atoms with Crippen LogP contribution in [-0.4, -0.2) is 17.0 Å². The quantitative estimate of drug-likeness (QED) is 0.682. The topological polar surface area (TPSA) is 66.4 Å². The molecule has 1 aromatic heterocycles. The Balaban J connectivity index is 1.83. The van der Waals surface area contributed by atoms with Gasteiger partial charge in [0.2, 0.25) is 0 Å². The Morgan fingerprint density at radius 3 is 2.54 bits per heavy atom. The van der Waals surface area contributed by atoms with Crippen LogP contribution in [0.3, 0.4) is 0 Å². The van der Waals surface area contributed by atoms with Crippen LogP contribution in [0.15, 0.2) is 60.2 Å². The van der Waals surface area contributed by atoms with Crippen LogP contribution in [0.1, 0.15) is 22.2 Å². The number of amides is 1. The number of para-hydroxylation sites is 1. The fourth-order valence-corrected chi connectivity index (χ4v) is 3.42. The van der Waals surface area contributed by atoms with Gasteiger partial charge in [0.15, 0.2) is 0 Å². The van der Waals surface area contributed by atoms with Crippen molar-refractivity contribution in [3.63, 3.8) is 0 Å². The summed E-state index contributed by atoms with van der Waals surface area (Å²) in [5.74, 6) is -1.39. The van der Waals surface area contributed by atoms with Crippen LogP contribution in [0.5, 0.6) is 0 Å². The molecule has 1 amide bonds. The van der Waals surface area contributed by atoms with Crippen LogP contribution < -0.4 is 5.32 Å². The molecular weight excluding hydrogens is 322 g/mol. The van der Waals surface area contributed by atoms with E-state index in [1.54, 1.807) is 36.5 Å². The lowest BCUT2D eigenvalue weighted by Gasteiger charge is -2.08. The highest BCUT2D eigenvalue weighted by atomic mass is 32.1. The molecule has 0 unspecified atom stereocenters. The first-order chi connectivity index (χ1) is 11.5. The molecule has 4 nitrogen and oxygen atoms in total. The van der Waals surface area contributed by atoms with E-state index in [2.05, 4.69) is 5.32 Å². The Morgan fingerprint density at radius 1 is 1.08 bits per heavy atom. The minimum Gasteiger partial charge on any atom is -0.478 e. The summed E-state index contributed by atoms with van der Waals surface area (Å²) in [6.45, 7) is 1.71. The Kier molecular flexibility index (Phi) is 4.44. The molecule has 0 aliphatic rings. The van der Waals surface area contributed by atoms with E-state index in [4.69, 9.17) is 5.11 Å². The van der Waals surface area contributed by atoms with Gasteiger partial charge in [-0.2, -0.15) is 0 Å². The first kappa shape index (κ1) is 16.0. The predicted octanol–water partition coefficient (Wildman–Crippen LogP) is 4.64. The number of thiophene rings is 1. The number of carboxylic acids is 1. The number of benzene rings is 2. The normalized spacial score (nSPS) is 11.5. The molecule has 3 aromatic rings. The molecule has 0 saturated heterocycles. The molecule has 0 aliphatic carbocycles. The number of carbonyl (C=O) groups is 2. The van der Waals surface area contributed by atoms with Crippen LogP contribution in [-0.2, 0) is 4.79 Å². The van der Waals surface area contributed by atoms with Gasteiger partial charge >= 0.3 is 5.97 Å². The standard InChI is InChI=1S/C19H15NO3S/c1-12(10-14-11-13-6-2-5-9-17(13)24-14)18(21)20-16-8-4-3-7-15(16)19(22)23/h2-11H,1H3,(H,20,21)(H,22,23)/b12-10+. The molecule has 120 valence electrons. The second-order valence-corrected chi connectivity index (χ2v) is 6.43. The zero-order chi connectivity index (χ0) is 17.1. The van der Waals surface area contributed by atoms with Crippen molar-refractivity contribution in [1.29, 1.82) is 0 Å². The minimum atomic E-state index is -1.07. The van der Waals surface area contributed by atoms with E-state index in [0.717, 1.165) is 15.0 Å². The number of carbonyl (C=O) groups excluding carboxylic acids is 1. The zero-order valence-electron chi connectivity index (χ0n) is 12.9. The summed E-state index contributed by atoms with van der Waals surface area (Å²) >= 11 is 1.61. The first-order valence-electron chi connectivity index (χ1n) is 7.35. The summed E-state index contributed by atoms with van der Waals surface area (Å²) in [6.07, 6.45) is 1.81. The van der Waals surface area contributed by atoms with Gasteiger partial charge in [0.05, 0.1) is 11.3 Å². The second kappa shape index (κ2) is 6.68. The van der Waals surface area contributed by atoms with Crippen LogP contribution >= 0.6 is 11.3 Å². The third-order valence-electron chi connectivity index (χ3n) is 3.57. The minimum absolute atomic E-state index is 0.0699. The Bertz CT molecular complexity index is 923. The van der Waals surface area contributed by atoms with Crippen LogP contribution in [0.2, 0.25) is 0 Å². The molecular formula is C19H15NO3S. The largest absolute Gasteiger partial charge is 0.478 e. The van der Waals surface area contributed by atoms with Crippen molar-refractivity contribution in [2.75, 3.05) is 5.32 Å². The Morgan fingerprint density at radius 2 is 1.79 bits per heavy atom. The maximum absolute atomic E-state index is 12.3. The third kappa shape index (κ3) is 3.36. The van der Waals surface area contributed by atoms with Crippen molar-refractivity contribution < 1.29 is 14.7 Å². The molecule has 2 N–H and O–H groups in total. The van der Waals surface area contributed by atoms with E-state index >= 15 is 0 Å². The van der Waals surface area contributed by atoms with Gasteiger partial charge in [-0.05, 0) is 42.7 Å². The van der Waals surface area contributed by atoms with Crippen molar-refractivity contribution in [1.82, 2.24) is 0 Å². The van der Waals surface area contributed by atoms with Gasteiger partial charge in [0.1, 0.15) is 0 Å². The molecule has 0 bridgehead atoms. The molecule has 5 heteroatoms. The monoisotopic (exact) mass is 337 g/mol. The number of carboxylic acid groups (broad SMARTS) is 1. The Labute approximate surface area is 143 Å². The van der Waals surface area contributed by atoms with Crippen LogP contribution in [0.4, 0.5) is 5.69 Å². The van der Waals surface area contributed by atoms with E-state index in [9.17, 15) is 9.59 Å². The van der Waals surface area contributed by atoms with Gasteiger partial charge in [-0.15, -0.1) is 11.3 Å². The molecule has 0 spiro atoms. The highest BCUT2D eigenvalue weighted by Gasteiger charge is 2.13. The van der Waals surface area contributed by atoms with E-state index in [0.29, 0.717) is 11.3 Å². The molecule has 3 rings (SSSR count). The number of rotatable bonds is 4. The number of hydrogen-bond donors (Lipinski definition) is 2. The molecule has 0 fully saturated rings. The highest BCUT2D eigenvalue weighted by molar-refractivity contribution is 7.19. The molecule has 0 radical (unpaired) electrons. The van der Waals surface area contributed by atoms with Gasteiger partial charge in [-0.3, -0.25) is 4.79 Å². The third-order valence-corrected chi connectivity index (χ3v) is 4.63. The van der Waals surface area contributed by atoms with Gasteiger partial charge in [-0.1, -0.05) is 30.3 Å². The number of fused-ring (bicyclic) bond motifs is 1. The van der Waals surface area contributed by atoms with Crippen molar-refractivity contribution in [3.05, 3.63) is 70.6 Å². The summed E-state index contributed by atoms with van der Waals surface area (Å²) in [5, 5.41) is 13.0. The maximum Gasteiger partial charge on any atom is 0.337 e. The average molecular weight is 337 g/mol. The molecule has 0 aliphatic heterocycles. The number of nitrogens with one attached hydrogen (secondary N) is 1. The fraction of sp³-hybridized carbons (Fsp3) is 0.0526.